The maximum Gasteiger partial charge on any atom is 0.253 e. The largest absolute Gasteiger partial charge is 0.376 e. The van der Waals surface area contributed by atoms with Gasteiger partial charge < -0.3 is 15.0 Å². The number of hydrogen-bond donors (Lipinski definition) is 1. The van der Waals surface area contributed by atoms with Crippen molar-refractivity contribution in [2.45, 2.75) is 25.9 Å². The van der Waals surface area contributed by atoms with Gasteiger partial charge in [-0.3, -0.25) is 14.6 Å². The zero-order valence-electron chi connectivity index (χ0n) is 15.2. The smallest absolute Gasteiger partial charge is 0.253 e. The van der Waals surface area contributed by atoms with Crippen molar-refractivity contribution in [2.75, 3.05) is 25.0 Å². The SMILES string of the molecule is O=C(Nc1cnc2c(c1)COCC2)C1CCCN(C(=O)c2ccccc2)C1. The van der Waals surface area contributed by atoms with Crippen LogP contribution in [0.5, 0.6) is 0 Å². The normalized spacial score (nSPS) is 19.3. The molecule has 2 aromatic rings. The number of piperidine rings is 1. The highest BCUT2D eigenvalue weighted by atomic mass is 16.5. The molecule has 1 N–H and O–H groups in total. The third-order valence-electron chi connectivity index (χ3n) is 5.17. The zero-order chi connectivity index (χ0) is 18.6. The lowest BCUT2D eigenvalue weighted by atomic mass is 9.96. The van der Waals surface area contributed by atoms with E-state index in [1.165, 1.54) is 0 Å². The van der Waals surface area contributed by atoms with Gasteiger partial charge in [-0.15, -0.1) is 0 Å². The predicted molar refractivity (Wildman–Crippen MR) is 101 cm³/mol. The molecule has 0 spiro atoms. The van der Waals surface area contributed by atoms with Crippen LogP contribution in [0.2, 0.25) is 0 Å². The quantitative estimate of drug-likeness (QED) is 0.908. The Morgan fingerprint density at radius 2 is 2.07 bits per heavy atom. The van der Waals surface area contributed by atoms with Crippen LogP contribution in [-0.2, 0) is 22.6 Å². The van der Waals surface area contributed by atoms with Crippen LogP contribution in [0, 0.1) is 5.92 Å². The molecule has 0 radical (unpaired) electrons. The lowest BCUT2D eigenvalue weighted by molar-refractivity contribution is -0.121. The van der Waals surface area contributed by atoms with Crippen LogP contribution in [0.4, 0.5) is 5.69 Å². The zero-order valence-corrected chi connectivity index (χ0v) is 15.2. The molecule has 0 saturated carbocycles. The molecule has 2 amide bonds. The van der Waals surface area contributed by atoms with Gasteiger partial charge in [0.2, 0.25) is 5.91 Å². The number of anilines is 1. The van der Waals surface area contributed by atoms with Crippen LogP contribution in [0.1, 0.15) is 34.5 Å². The van der Waals surface area contributed by atoms with Gasteiger partial charge in [0.05, 0.1) is 31.0 Å². The average Bonchev–Trinajstić information content (AvgIpc) is 2.74. The first kappa shape index (κ1) is 17.7. The Bertz CT molecular complexity index is 838. The van der Waals surface area contributed by atoms with E-state index < -0.39 is 0 Å². The summed E-state index contributed by atoms with van der Waals surface area (Å²) < 4.78 is 5.46. The van der Waals surface area contributed by atoms with Crippen molar-refractivity contribution in [3.05, 3.63) is 59.4 Å². The summed E-state index contributed by atoms with van der Waals surface area (Å²) in [4.78, 5) is 31.6. The second-order valence-electron chi connectivity index (χ2n) is 7.08. The highest BCUT2D eigenvalue weighted by molar-refractivity contribution is 5.96. The number of carbonyl (C=O) groups excluding carboxylic acids is 2. The van der Waals surface area contributed by atoms with Gasteiger partial charge >= 0.3 is 0 Å². The highest BCUT2D eigenvalue weighted by Gasteiger charge is 2.29. The predicted octanol–water partition coefficient (Wildman–Crippen LogP) is 2.65. The Kier molecular flexibility index (Phi) is 5.16. The monoisotopic (exact) mass is 365 g/mol. The minimum atomic E-state index is -0.210. The van der Waals surface area contributed by atoms with E-state index in [4.69, 9.17) is 4.74 Å². The molecule has 1 saturated heterocycles. The fraction of sp³-hybridized carbons (Fsp3) is 0.381. The van der Waals surface area contributed by atoms with Gasteiger partial charge in [0.15, 0.2) is 0 Å². The van der Waals surface area contributed by atoms with Crippen molar-refractivity contribution >= 4 is 17.5 Å². The van der Waals surface area contributed by atoms with E-state index in [1.54, 1.807) is 11.1 Å². The molecule has 1 fully saturated rings. The summed E-state index contributed by atoms with van der Waals surface area (Å²) in [5.41, 5.74) is 3.42. The number of amides is 2. The van der Waals surface area contributed by atoms with E-state index in [0.29, 0.717) is 37.6 Å². The van der Waals surface area contributed by atoms with E-state index in [2.05, 4.69) is 10.3 Å². The summed E-state index contributed by atoms with van der Waals surface area (Å²) in [6, 6.07) is 11.2. The summed E-state index contributed by atoms with van der Waals surface area (Å²) in [6.07, 6.45) is 4.12. The highest BCUT2D eigenvalue weighted by Crippen LogP contribution is 2.22. The average molecular weight is 365 g/mol. The lowest BCUT2D eigenvalue weighted by Gasteiger charge is -2.32. The van der Waals surface area contributed by atoms with Crippen LogP contribution in [-0.4, -0.2) is 41.4 Å². The van der Waals surface area contributed by atoms with E-state index in [9.17, 15) is 9.59 Å². The van der Waals surface area contributed by atoms with Gasteiger partial charge in [0.1, 0.15) is 0 Å². The second kappa shape index (κ2) is 7.88. The molecule has 4 rings (SSSR count). The Morgan fingerprint density at radius 1 is 1.22 bits per heavy atom. The van der Waals surface area contributed by atoms with Crippen molar-refractivity contribution in [1.82, 2.24) is 9.88 Å². The Morgan fingerprint density at radius 3 is 2.93 bits per heavy atom. The summed E-state index contributed by atoms with van der Waals surface area (Å²) in [6.45, 7) is 2.37. The number of likely N-dealkylation sites (tertiary alicyclic amines) is 1. The Hall–Kier alpha value is -2.73. The Balaban J connectivity index is 1.41. The van der Waals surface area contributed by atoms with Crippen LogP contribution in [0.3, 0.4) is 0 Å². The molecule has 2 aliphatic heterocycles. The van der Waals surface area contributed by atoms with Gasteiger partial charge in [-0.05, 0) is 31.0 Å². The minimum absolute atomic E-state index is 0.0132. The lowest BCUT2D eigenvalue weighted by Crippen LogP contribution is -2.43. The van der Waals surface area contributed by atoms with Gasteiger partial charge in [0.25, 0.3) is 5.91 Å². The topological polar surface area (TPSA) is 71.5 Å². The molecule has 0 aliphatic carbocycles. The summed E-state index contributed by atoms with van der Waals surface area (Å²) >= 11 is 0. The van der Waals surface area contributed by atoms with Crippen molar-refractivity contribution in [3.8, 4) is 0 Å². The number of nitrogens with one attached hydrogen (secondary N) is 1. The van der Waals surface area contributed by atoms with Gasteiger partial charge in [0, 0.05) is 36.3 Å². The third kappa shape index (κ3) is 4.01. The van der Waals surface area contributed by atoms with Crippen molar-refractivity contribution in [3.63, 3.8) is 0 Å². The van der Waals surface area contributed by atoms with Crippen LogP contribution in [0.25, 0.3) is 0 Å². The standard InChI is InChI=1S/C21H23N3O3/c25-20(23-18-11-17-14-27-10-8-19(17)22-12-18)16-7-4-9-24(13-16)21(26)15-5-2-1-3-6-15/h1-3,5-6,11-12,16H,4,7-10,13-14H2,(H,23,25). The third-order valence-corrected chi connectivity index (χ3v) is 5.17. The molecule has 27 heavy (non-hydrogen) atoms. The summed E-state index contributed by atoms with van der Waals surface area (Å²) in [5.74, 6) is -0.279. The second-order valence-corrected chi connectivity index (χ2v) is 7.08. The molecule has 3 heterocycles. The number of nitrogens with zero attached hydrogens (tertiary/aromatic N) is 2. The van der Waals surface area contributed by atoms with Crippen LogP contribution < -0.4 is 5.32 Å². The molecule has 6 nitrogen and oxygen atoms in total. The number of fused-ring (bicyclic) bond motifs is 1. The van der Waals surface area contributed by atoms with Gasteiger partial charge in [-0.25, -0.2) is 0 Å². The fourth-order valence-corrected chi connectivity index (χ4v) is 3.69. The molecule has 1 aromatic heterocycles. The molecular formula is C21H23N3O3. The minimum Gasteiger partial charge on any atom is -0.376 e. The maximum absolute atomic E-state index is 12.7. The first-order valence-corrected chi connectivity index (χ1v) is 9.41. The van der Waals surface area contributed by atoms with Crippen molar-refractivity contribution < 1.29 is 14.3 Å². The van der Waals surface area contributed by atoms with E-state index in [1.807, 2.05) is 36.4 Å². The van der Waals surface area contributed by atoms with Gasteiger partial charge in [-0.2, -0.15) is 0 Å². The summed E-state index contributed by atoms with van der Waals surface area (Å²) in [5, 5.41) is 2.97. The van der Waals surface area contributed by atoms with Crippen LogP contribution >= 0.6 is 0 Å². The van der Waals surface area contributed by atoms with Crippen molar-refractivity contribution in [2.24, 2.45) is 5.92 Å². The van der Waals surface area contributed by atoms with E-state index >= 15 is 0 Å². The molecule has 1 unspecified atom stereocenters. The summed E-state index contributed by atoms with van der Waals surface area (Å²) in [7, 11) is 0. The first-order valence-electron chi connectivity index (χ1n) is 9.41. The molecule has 0 bridgehead atoms. The fourth-order valence-electron chi connectivity index (χ4n) is 3.69. The number of aromatic nitrogens is 1. The molecule has 6 heteroatoms. The van der Waals surface area contributed by atoms with E-state index in [0.717, 1.165) is 30.5 Å². The molecule has 140 valence electrons. The molecule has 1 atom stereocenters. The van der Waals surface area contributed by atoms with Crippen LogP contribution in [0.15, 0.2) is 42.6 Å². The number of rotatable bonds is 3. The van der Waals surface area contributed by atoms with E-state index in [-0.39, 0.29) is 17.7 Å². The first-order chi connectivity index (χ1) is 13.2. The molecule has 2 aliphatic rings. The van der Waals surface area contributed by atoms with Gasteiger partial charge in [-0.1, -0.05) is 18.2 Å². The number of pyridine rings is 1. The number of ether oxygens (including phenoxy) is 1. The number of carbonyl (C=O) groups is 2. The number of hydrogen-bond acceptors (Lipinski definition) is 4. The maximum atomic E-state index is 12.7. The molecule has 1 aromatic carbocycles. The Labute approximate surface area is 158 Å². The molecular weight excluding hydrogens is 342 g/mol. The number of benzene rings is 1. The van der Waals surface area contributed by atoms with Crippen molar-refractivity contribution in [1.29, 1.82) is 0 Å².